The van der Waals surface area contributed by atoms with Crippen LogP contribution >= 0.6 is 0 Å². The monoisotopic (exact) mass is 288 g/mol. The van der Waals surface area contributed by atoms with Gasteiger partial charge in [0.25, 0.3) is 0 Å². The van der Waals surface area contributed by atoms with Crippen LogP contribution in [0.2, 0.25) is 0 Å². The molecule has 0 aromatic carbocycles. The number of halogens is 6. The first-order valence-corrected chi connectivity index (χ1v) is 5.12. The molecule has 0 aliphatic rings. The summed E-state index contributed by atoms with van der Waals surface area (Å²) in [6, 6.07) is 0.558. The van der Waals surface area contributed by atoms with Gasteiger partial charge in [0.05, 0.1) is 18.5 Å². The van der Waals surface area contributed by atoms with E-state index in [0.29, 0.717) is 6.07 Å². The Balaban J connectivity index is 2.63. The molecule has 1 heterocycles. The first-order chi connectivity index (χ1) is 8.59. The van der Waals surface area contributed by atoms with Crippen molar-refractivity contribution in [3.63, 3.8) is 0 Å². The highest BCUT2D eigenvalue weighted by atomic mass is 19.4. The highest BCUT2D eigenvalue weighted by Gasteiger charge is 2.33. The van der Waals surface area contributed by atoms with E-state index in [-0.39, 0.29) is 24.5 Å². The molecule has 2 N–H and O–H groups in total. The van der Waals surface area contributed by atoms with Crippen molar-refractivity contribution in [3.05, 3.63) is 18.0 Å². The largest absolute Gasteiger partial charge is 0.491 e. The van der Waals surface area contributed by atoms with Gasteiger partial charge in [0.15, 0.2) is 0 Å². The minimum Gasteiger partial charge on any atom is -0.491 e. The third-order valence-corrected chi connectivity index (χ3v) is 2.05. The molecule has 3 nitrogen and oxygen atoms in total. The predicted molar refractivity (Wildman–Crippen MR) is 54.4 cm³/mol. The quantitative estimate of drug-likeness (QED) is 0.682. The smallest absolute Gasteiger partial charge is 0.433 e. The number of hydrogen-bond acceptors (Lipinski definition) is 3. The molecule has 0 radical (unpaired) electrons. The minimum absolute atomic E-state index is 0.167. The van der Waals surface area contributed by atoms with Crippen LogP contribution in [0.1, 0.15) is 18.5 Å². The summed E-state index contributed by atoms with van der Waals surface area (Å²) in [4.78, 5) is 3.07. The maximum atomic E-state index is 12.3. The van der Waals surface area contributed by atoms with Crippen molar-refractivity contribution in [2.75, 3.05) is 12.3 Å². The van der Waals surface area contributed by atoms with E-state index in [1.54, 1.807) is 0 Å². The van der Waals surface area contributed by atoms with Crippen LogP contribution in [0.5, 0.6) is 5.75 Å². The van der Waals surface area contributed by atoms with Crippen molar-refractivity contribution >= 4 is 5.69 Å². The molecule has 0 bridgehead atoms. The van der Waals surface area contributed by atoms with Crippen LogP contribution in [0.3, 0.4) is 0 Å². The van der Waals surface area contributed by atoms with Gasteiger partial charge in [-0.05, 0) is 6.42 Å². The zero-order valence-corrected chi connectivity index (χ0v) is 9.48. The number of alkyl halides is 6. The van der Waals surface area contributed by atoms with E-state index in [2.05, 4.69) is 4.98 Å². The van der Waals surface area contributed by atoms with Crippen molar-refractivity contribution in [2.45, 2.75) is 25.2 Å². The summed E-state index contributed by atoms with van der Waals surface area (Å²) in [5.41, 5.74) is 3.94. The molecule has 0 fully saturated rings. The maximum absolute atomic E-state index is 12.3. The van der Waals surface area contributed by atoms with E-state index >= 15 is 0 Å². The third kappa shape index (κ3) is 5.23. The lowest BCUT2D eigenvalue weighted by Gasteiger charge is -2.12. The van der Waals surface area contributed by atoms with Crippen molar-refractivity contribution in [1.29, 1.82) is 0 Å². The first-order valence-electron chi connectivity index (χ1n) is 5.12. The summed E-state index contributed by atoms with van der Waals surface area (Å²) in [6.45, 7) is -0.384. The van der Waals surface area contributed by atoms with E-state index in [9.17, 15) is 26.3 Å². The summed E-state index contributed by atoms with van der Waals surface area (Å²) in [7, 11) is 0. The number of rotatable bonds is 4. The lowest BCUT2D eigenvalue weighted by molar-refractivity contribution is -0.141. The Bertz CT molecular complexity index is 429. The Morgan fingerprint density at radius 3 is 2.32 bits per heavy atom. The fourth-order valence-corrected chi connectivity index (χ4v) is 1.18. The van der Waals surface area contributed by atoms with Crippen LogP contribution in [0.15, 0.2) is 12.3 Å². The standard InChI is InChI=1S/C10H10F6N2O/c11-9(12,13)2-1-3-19-7-4-8(10(14,15)16)18-5-6(7)17/h4-5H,1-3,17H2. The second-order valence-corrected chi connectivity index (χ2v) is 3.67. The van der Waals surface area contributed by atoms with Gasteiger partial charge in [0.1, 0.15) is 11.4 Å². The predicted octanol–water partition coefficient (Wildman–Crippen LogP) is 3.40. The molecule has 0 unspecified atom stereocenters. The van der Waals surface area contributed by atoms with Gasteiger partial charge in [-0.1, -0.05) is 0 Å². The topological polar surface area (TPSA) is 48.1 Å². The van der Waals surface area contributed by atoms with Gasteiger partial charge in [-0.2, -0.15) is 26.3 Å². The molecule has 0 atom stereocenters. The van der Waals surface area contributed by atoms with E-state index in [4.69, 9.17) is 10.5 Å². The molecule has 108 valence electrons. The van der Waals surface area contributed by atoms with Crippen LogP contribution in [0.25, 0.3) is 0 Å². The molecule has 0 aliphatic heterocycles. The molecule has 19 heavy (non-hydrogen) atoms. The Morgan fingerprint density at radius 2 is 1.79 bits per heavy atom. The Morgan fingerprint density at radius 1 is 1.16 bits per heavy atom. The number of hydrogen-bond donors (Lipinski definition) is 1. The van der Waals surface area contributed by atoms with Crippen molar-refractivity contribution in [3.8, 4) is 5.75 Å². The normalized spacial score (nSPS) is 12.5. The van der Waals surface area contributed by atoms with Gasteiger partial charge in [0.2, 0.25) is 0 Å². The summed E-state index contributed by atoms with van der Waals surface area (Å²) < 4.78 is 77.3. The third-order valence-electron chi connectivity index (χ3n) is 2.05. The number of nitrogen functional groups attached to an aromatic ring is 1. The van der Waals surface area contributed by atoms with Crippen LogP contribution in [-0.4, -0.2) is 17.8 Å². The van der Waals surface area contributed by atoms with Gasteiger partial charge in [-0.25, -0.2) is 4.98 Å². The van der Waals surface area contributed by atoms with Crippen molar-refractivity contribution in [2.24, 2.45) is 0 Å². The van der Waals surface area contributed by atoms with E-state index in [1.165, 1.54) is 0 Å². The zero-order chi connectivity index (χ0) is 14.7. The second-order valence-electron chi connectivity index (χ2n) is 3.67. The highest BCUT2D eigenvalue weighted by Crippen LogP contribution is 2.32. The molecule has 0 amide bonds. The van der Waals surface area contributed by atoms with Crippen LogP contribution < -0.4 is 10.5 Å². The molecule has 0 aliphatic carbocycles. The molecule has 0 saturated carbocycles. The summed E-state index contributed by atoms with van der Waals surface area (Å²) in [5, 5.41) is 0. The summed E-state index contributed by atoms with van der Waals surface area (Å²) in [5.74, 6) is -0.329. The molecular formula is C10H10F6N2O. The fraction of sp³-hybridized carbons (Fsp3) is 0.500. The van der Waals surface area contributed by atoms with Gasteiger partial charge in [-0.15, -0.1) is 0 Å². The Labute approximate surface area is 104 Å². The van der Waals surface area contributed by atoms with Crippen molar-refractivity contribution in [1.82, 2.24) is 4.98 Å². The number of nitrogens with two attached hydrogens (primary N) is 1. The fourth-order valence-electron chi connectivity index (χ4n) is 1.18. The Kier molecular flexibility index (Phi) is 4.48. The molecule has 0 spiro atoms. The molecule has 0 saturated heterocycles. The maximum Gasteiger partial charge on any atom is 0.433 e. The highest BCUT2D eigenvalue weighted by molar-refractivity contribution is 5.51. The van der Waals surface area contributed by atoms with Crippen molar-refractivity contribution < 1.29 is 31.1 Å². The van der Waals surface area contributed by atoms with Crippen LogP contribution in [-0.2, 0) is 6.18 Å². The minimum atomic E-state index is -4.67. The van der Waals surface area contributed by atoms with Gasteiger partial charge < -0.3 is 10.5 Å². The van der Waals surface area contributed by atoms with Crippen LogP contribution in [0, 0.1) is 0 Å². The van der Waals surface area contributed by atoms with E-state index in [0.717, 1.165) is 6.20 Å². The average molecular weight is 288 g/mol. The van der Waals surface area contributed by atoms with Gasteiger partial charge >= 0.3 is 12.4 Å². The SMILES string of the molecule is Nc1cnc(C(F)(F)F)cc1OCCCC(F)(F)F. The average Bonchev–Trinajstić information content (AvgIpc) is 2.23. The molecule has 1 aromatic rings. The number of nitrogens with zero attached hydrogens (tertiary/aromatic N) is 1. The lowest BCUT2D eigenvalue weighted by atomic mass is 10.3. The number of aromatic nitrogens is 1. The molecule has 1 rings (SSSR count). The van der Waals surface area contributed by atoms with Gasteiger partial charge in [-0.3, -0.25) is 0 Å². The second kappa shape index (κ2) is 5.54. The molecule has 1 aromatic heterocycles. The number of pyridine rings is 1. The first kappa shape index (κ1) is 15.4. The number of anilines is 1. The lowest BCUT2D eigenvalue weighted by Crippen LogP contribution is -2.12. The zero-order valence-electron chi connectivity index (χ0n) is 9.48. The number of ether oxygens (including phenoxy) is 1. The molecular weight excluding hydrogens is 278 g/mol. The Hall–Kier alpha value is -1.67. The van der Waals surface area contributed by atoms with Gasteiger partial charge in [0, 0.05) is 12.5 Å². The summed E-state index contributed by atoms with van der Waals surface area (Å²) in [6.07, 6.45) is -9.69. The molecule has 9 heteroatoms. The van der Waals surface area contributed by atoms with E-state index in [1.807, 2.05) is 0 Å². The van der Waals surface area contributed by atoms with Crippen LogP contribution in [0.4, 0.5) is 32.0 Å². The summed E-state index contributed by atoms with van der Waals surface area (Å²) >= 11 is 0. The van der Waals surface area contributed by atoms with E-state index < -0.39 is 24.5 Å².